The molecule has 0 aromatic heterocycles. The average molecular weight is 314 g/mol. The molecule has 1 aliphatic rings. The van der Waals surface area contributed by atoms with E-state index in [-0.39, 0.29) is 13.0 Å². The number of hydrogen-bond donors (Lipinski definition) is 2. The van der Waals surface area contributed by atoms with E-state index in [2.05, 4.69) is 5.32 Å². The first-order valence-electron chi connectivity index (χ1n) is 6.48. The summed E-state index contributed by atoms with van der Waals surface area (Å²) in [7, 11) is 0. The molecule has 1 aliphatic heterocycles. The summed E-state index contributed by atoms with van der Waals surface area (Å²) in [4.78, 5) is 23.4. The fourth-order valence-corrected chi connectivity index (χ4v) is 2.12. The van der Waals surface area contributed by atoms with Crippen molar-refractivity contribution >= 4 is 23.5 Å². The van der Waals surface area contributed by atoms with Crippen molar-refractivity contribution in [3.63, 3.8) is 0 Å². The minimum Gasteiger partial charge on any atom is -0.481 e. The van der Waals surface area contributed by atoms with Crippen molar-refractivity contribution in [1.82, 2.24) is 5.32 Å². The molecule has 0 bridgehead atoms. The van der Waals surface area contributed by atoms with Crippen LogP contribution >= 0.6 is 11.6 Å². The summed E-state index contributed by atoms with van der Waals surface area (Å²) in [6.07, 6.45) is -0.593. The molecule has 6 nitrogen and oxygen atoms in total. The number of amides is 1. The number of ether oxygens (including phenoxy) is 2. The number of carboxylic acid groups (broad SMARTS) is 1. The largest absolute Gasteiger partial charge is 0.481 e. The predicted molar refractivity (Wildman–Crippen MR) is 75.5 cm³/mol. The molecule has 1 amide bonds. The summed E-state index contributed by atoms with van der Waals surface area (Å²) in [5.41, 5.74) is -1.37. The van der Waals surface area contributed by atoms with Crippen molar-refractivity contribution < 1.29 is 24.2 Å². The third kappa shape index (κ3) is 3.65. The number of benzene rings is 1. The van der Waals surface area contributed by atoms with Gasteiger partial charge in [-0.3, -0.25) is 4.79 Å². The van der Waals surface area contributed by atoms with Gasteiger partial charge in [-0.25, -0.2) is 4.79 Å². The SMILES string of the molecule is CC(Oc1ccc(Cl)cc1)C(=O)NC1(C(=O)O)CCOC1. The minimum absolute atomic E-state index is 0.0399. The maximum atomic E-state index is 12.1. The van der Waals surface area contributed by atoms with Crippen molar-refractivity contribution in [3.05, 3.63) is 29.3 Å². The van der Waals surface area contributed by atoms with Crippen LogP contribution in [0.25, 0.3) is 0 Å². The van der Waals surface area contributed by atoms with Crippen molar-refractivity contribution in [1.29, 1.82) is 0 Å². The topological polar surface area (TPSA) is 84.9 Å². The summed E-state index contributed by atoms with van der Waals surface area (Å²) in [5.74, 6) is -1.13. The first-order chi connectivity index (χ1) is 9.93. The van der Waals surface area contributed by atoms with Crippen LogP contribution in [0.4, 0.5) is 0 Å². The summed E-state index contributed by atoms with van der Waals surface area (Å²) in [5, 5.41) is 12.3. The molecule has 1 aromatic rings. The van der Waals surface area contributed by atoms with E-state index in [1.54, 1.807) is 31.2 Å². The molecule has 114 valence electrons. The lowest BCUT2D eigenvalue weighted by molar-refractivity contribution is -0.148. The van der Waals surface area contributed by atoms with Gasteiger partial charge in [-0.2, -0.15) is 0 Å². The van der Waals surface area contributed by atoms with E-state index in [9.17, 15) is 14.7 Å². The second-order valence-corrected chi connectivity index (χ2v) is 5.33. The van der Waals surface area contributed by atoms with Crippen LogP contribution in [-0.2, 0) is 14.3 Å². The third-order valence-corrected chi connectivity index (χ3v) is 3.54. The molecular weight excluding hydrogens is 298 g/mol. The quantitative estimate of drug-likeness (QED) is 0.860. The Hall–Kier alpha value is -1.79. The Labute approximate surface area is 127 Å². The average Bonchev–Trinajstić information content (AvgIpc) is 2.91. The van der Waals surface area contributed by atoms with Crippen molar-refractivity contribution in [2.75, 3.05) is 13.2 Å². The van der Waals surface area contributed by atoms with Gasteiger partial charge in [0.2, 0.25) is 0 Å². The van der Waals surface area contributed by atoms with Crippen LogP contribution in [0, 0.1) is 0 Å². The van der Waals surface area contributed by atoms with Crippen LogP contribution in [0.5, 0.6) is 5.75 Å². The molecule has 1 heterocycles. The van der Waals surface area contributed by atoms with Gasteiger partial charge in [-0.15, -0.1) is 0 Å². The Morgan fingerprint density at radius 2 is 2.10 bits per heavy atom. The molecule has 21 heavy (non-hydrogen) atoms. The Morgan fingerprint density at radius 3 is 2.62 bits per heavy atom. The van der Waals surface area contributed by atoms with Crippen LogP contribution in [0.2, 0.25) is 5.02 Å². The van der Waals surface area contributed by atoms with Gasteiger partial charge in [0.1, 0.15) is 5.75 Å². The van der Waals surface area contributed by atoms with E-state index in [1.807, 2.05) is 0 Å². The van der Waals surface area contributed by atoms with Crippen LogP contribution < -0.4 is 10.1 Å². The Kier molecular flexibility index (Phi) is 4.69. The summed E-state index contributed by atoms with van der Waals surface area (Å²) < 4.78 is 10.5. The monoisotopic (exact) mass is 313 g/mol. The van der Waals surface area contributed by atoms with E-state index in [0.717, 1.165) is 0 Å². The Morgan fingerprint density at radius 1 is 1.43 bits per heavy atom. The molecule has 0 spiro atoms. The van der Waals surface area contributed by atoms with E-state index >= 15 is 0 Å². The van der Waals surface area contributed by atoms with Gasteiger partial charge < -0.3 is 19.9 Å². The van der Waals surface area contributed by atoms with Crippen LogP contribution in [0.1, 0.15) is 13.3 Å². The molecule has 2 rings (SSSR count). The first-order valence-corrected chi connectivity index (χ1v) is 6.86. The molecular formula is C14H16ClNO5. The maximum absolute atomic E-state index is 12.1. The molecule has 7 heteroatoms. The highest BCUT2D eigenvalue weighted by molar-refractivity contribution is 6.30. The van der Waals surface area contributed by atoms with E-state index in [4.69, 9.17) is 21.1 Å². The molecule has 0 radical (unpaired) electrons. The zero-order valence-electron chi connectivity index (χ0n) is 11.5. The van der Waals surface area contributed by atoms with Gasteiger partial charge in [0.15, 0.2) is 11.6 Å². The fourth-order valence-electron chi connectivity index (χ4n) is 1.99. The zero-order chi connectivity index (χ0) is 15.5. The fraction of sp³-hybridized carbons (Fsp3) is 0.429. The highest BCUT2D eigenvalue weighted by atomic mass is 35.5. The number of carbonyl (C=O) groups excluding carboxylic acids is 1. The number of carbonyl (C=O) groups is 2. The van der Waals surface area contributed by atoms with E-state index < -0.39 is 23.5 Å². The number of halogens is 1. The molecule has 1 saturated heterocycles. The lowest BCUT2D eigenvalue weighted by Crippen LogP contribution is -2.57. The Bertz CT molecular complexity index is 525. The molecule has 2 N–H and O–H groups in total. The Balaban J connectivity index is 1.99. The van der Waals surface area contributed by atoms with Gasteiger partial charge in [-0.05, 0) is 31.2 Å². The minimum atomic E-state index is -1.37. The van der Waals surface area contributed by atoms with Crippen LogP contribution in [0.3, 0.4) is 0 Å². The van der Waals surface area contributed by atoms with Gasteiger partial charge >= 0.3 is 5.97 Å². The second-order valence-electron chi connectivity index (χ2n) is 4.89. The normalized spacial score (nSPS) is 22.6. The van der Waals surface area contributed by atoms with Crippen molar-refractivity contribution in [3.8, 4) is 5.75 Å². The van der Waals surface area contributed by atoms with Crippen molar-refractivity contribution in [2.45, 2.75) is 25.0 Å². The molecule has 1 aromatic carbocycles. The highest BCUT2D eigenvalue weighted by Gasteiger charge is 2.44. The highest BCUT2D eigenvalue weighted by Crippen LogP contribution is 2.20. The van der Waals surface area contributed by atoms with Crippen LogP contribution in [-0.4, -0.2) is 41.8 Å². The van der Waals surface area contributed by atoms with Gasteiger partial charge in [0, 0.05) is 18.1 Å². The molecule has 0 saturated carbocycles. The smallest absolute Gasteiger partial charge is 0.331 e. The maximum Gasteiger partial charge on any atom is 0.331 e. The first kappa shape index (κ1) is 15.6. The van der Waals surface area contributed by atoms with Gasteiger partial charge in [-0.1, -0.05) is 11.6 Å². The van der Waals surface area contributed by atoms with Gasteiger partial charge in [0.05, 0.1) is 6.61 Å². The lowest BCUT2D eigenvalue weighted by Gasteiger charge is -2.25. The number of nitrogens with one attached hydrogen (secondary N) is 1. The van der Waals surface area contributed by atoms with Gasteiger partial charge in [0.25, 0.3) is 5.91 Å². The van der Waals surface area contributed by atoms with E-state index in [1.165, 1.54) is 0 Å². The van der Waals surface area contributed by atoms with Crippen LogP contribution in [0.15, 0.2) is 24.3 Å². The second kappa shape index (κ2) is 6.32. The zero-order valence-corrected chi connectivity index (χ0v) is 12.2. The van der Waals surface area contributed by atoms with Crippen molar-refractivity contribution in [2.24, 2.45) is 0 Å². The predicted octanol–water partition coefficient (Wildman–Crippen LogP) is 1.47. The molecule has 2 unspecified atom stereocenters. The lowest BCUT2D eigenvalue weighted by atomic mass is 9.98. The summed E-state index contributed by atoms with van der Waals surface area (Å²) in [6, 6.07) is 6.56. The molecule has 1 fully saturated rings. The number of rotatable bonds is 5. The number of carboxylic acids is 1. The van der Waals surface area contributed by atoms with E-state index in [0.29, 0.717) is 17.4 Å². The number of aliphatic carboxylic acids is 1. The summed E-state index contributed by atoms with van der Waals surface area (Å²) >= 11 is 5.76. The number of hydrogen-bond acceptors (Lipinski definition) is 4. The molecule has 0 aliphatic carbocycles. The third-order valence-electron chi connectivity index (χ3n) is 3.29. The molecule has 2 atom stereocenters. The summed E-state index contributed by atoms with van der Waals surface area (Å²) in [6.45, 7) is 1.82. The standard InChI is InChI=1S/C14H16ClNO5/c1-9(21-11-4-2-10(15)3-5-11)12(17)16-14(13(18)19)6-7-20-8-14/h2-5,9H,6-8H2,1H3,(H,16,17)(H,18,19).